The number of carbonyl (C=O) groups is 2. The van der Waals surface area contributed by atoms with Crippen LogP contribution in [0.25, 0.3) is 0 Å². The van der Waals surface area contributed by atoms with Crippen molar-refractivity contribution in [3.05, 3.63) is 0 Å². The van der Waals surface area contributed by atoms with Gasteiger partial charge < -0.3 is 15.0 Å². The van der Waals surface area contributed by atoms with E-state index in [1.165, 1.54) is 7.11 Å². The topological polar surface area (TPSA) is 58.6 Å². The third kappa shape index (κ3) is 3.48. The molecular weight excluding hydrogens is 208 g/mol. The Labute approximate surface area is 96.1 Å². The summed E-state index contributed by atoms with van der Waals surface area (Å²) >= 11 is 0. The first-order valence-corrected chi connectivity index (χ1v) is 5.63. The Balaban J connectivity index is 2.32. The third-order valence-electron chi connectivity index (χ3n) is 3.01. The first kappa shape index (κ1) is 13.0. The Kier molecular flexibility index (Phi) is 4.73. The molecule has 1 heterocycles. The molecule has 0 radical (unpaired) electrons. The van der Waals surface area contributed by atoms with E-state index in [-0.39, 0.29) is 17.9 Å². The zero-order chi connectivity index (χ0) is 12.1. The van der Waals surface area contributed by atoms with Crippen LogP contribution in [0.15, 0.2) is 0 Å². The Bertz CT molecular complexity index is 260. The summed E-state index contributed by atoms with van der Waals surface area (Å²) in [5.74, 6) is 0.0267. The second kappa shape index (κ2) is 5.84. The van der Waals surface area contributed by atoms with Gasteiger partial charge in [0.05, 0.1) is 0 Å². The van der Waals surface area contributed by atoms with E-state index in [0.29, 0.717) is 0 Å². The average Bonchev–Trinajstić information content (AvgIpc) is 2.28. The minimum Gasteiger partial charge on any atom is -0.372 e. The van der Waals surface area contributed by atoms with E-state index in [1.807, 2.05) is 4.90 Å². The largest absolute Gasteiger partial charge is 0.372 e. The highest BCUT2D eigenvalue weighted by Gasteiger charge is 2.23. The van der Waals surface area contributed by atoms with Gasteiger partial charge in [-0.2, -0.15) is 0 Å². The number of carbonyl (C=O) groups excluding carboxylic acids is 2. The predicted molar refractivity (Wildman–Crippen MR) is 59.9 cm³/mol. The van der Waals surface area contributed by atoms with E-state index in [2.05, 4.69) is 5.32 Å². The molecule has 0 aromatic carbocycles. The van der Waals surface area contributed by atoms with Crippen LogP contribution in [0.2, 0.25) is 0 Å². The molecule has 0 aromatic rings. The van der Waals surface area contributed by atoms with E-state index >= 15 is 0 Å². The summed E-state index contributed by atoms with van der Waals surface area (Å²) in [7, 11) is 1.52. The molecule has 1 aliphatic rings. The molecule has 1 N–H and O–H groups in total. The standard InChI is InChI=1S/C11H20N2O3/c1-8(16-3)11(15)12-10-4-6-13(7-5-10)9(2)14/h8,10H,4-7H2,1-3H3,(H,12,15). The summed E-state index contributed by atoms with van der Waals surface area (Å²) in [6, 6.07) is 0.167. The number of hydrogen-bond acceptors (Lipinski definition) is 3. The normalized spacial score (nSPS) is 19.3. The minimum atomic E-state index is -0.411. The van der Waals surface area contributed by atoms with Gasteiger partial charge in [0.1, 0.15) is 6.10 Å². The fraction of sp³-hybridized carbons (Fsp3) is 0.818. The zero-order valence-electron chi connectivity index (χ0n) is 10.2. The van der Waals surface area contributed by atoms with E-state index in [0.717, 1.165) is 25.9 Å². The molecule has 1 rings (SSSR count). The highest BCUT2D eigenvalue weighted by Crippen LogP contribution is 2.10. The lowest BCUT2D eigenvalue weighted by Crippen LogP contribution is -2.48. The summed E-state index contributed by atoms with van der Waals surface area (Å²) in [6.07, 6.45) is 1.23. The van der Waals surface area contributed by atoms with Gasteiger partial charge in [-0.1, -0.05) is 0 Å². The van der Waals surface area contributed by atoms with Crippen molar-refractivity contribution in [1.82, 2.24) is 10.2 Å². The minimum absolute atomic E-state index is 0.0798. The fourth-order valence-electron chi connectivity index (χ4n) is 1.76. The molecule has 5 heteroatoms. The Morgan fingerprint density at radius 3 is 2.38 bits per heavy atom. The zero-order valence-corrected chi connectivity index (χ0v) is 10.2. The molecule has 0 aromatic heterocycles. The molecule has 1 saturated heterocycles. The number of nitrogens with one attached hydrogen (secondary N) is 1. The fourth-order valence-corrected chi connectivity index (χ4v) is 1.76. The smallest absolute Gasteiger partial charge is 0.249 e. The van der Waals surface area contributed by atoms with Crippen LogP contribution in [0.3, 0.4) is 0 Å². The van der Waals surface area contributed by atoms with Crippen LogP contribution in [-0.2, 0) is 14.3 Å². The molecule has 0 spiro atoms. The van der Waals surface area contributed by atoms with Crippen LogP contribution in [0.1, 0.15) is 26.7 Å². The van der Waals surface area contributed by atoms with Crippen molar-refractivity contribution >= 4 is 11.8 Å². The lowest BCUT2D eigenvalue weighted by atomic mass is 10.0. The van der Waals surface area contributed by atoms with Crippen molar-refractivity contribution in [1.29, 1.82) is 0 Å². The second-order valence-corrected chi connectivity index (χ2v) is 4.17. The molecule has 1 unspecified atom stereocenters. The number of ether oxygens (including phenoxy) is 1. The van der Waals surface area contributed by atoms with Crippen LogP contribution in [0, 0.1) is 0 Å². The number of nitrogens with zero attached hydrogens (tertiary/aromatic N) is 1. The van der Waals surface area contributed by atoms with Crippen LogP contribution < -0.4 is 5.32 Å². The van der Waals surface area contributed by atoms with Crippen molar-refractivity contribution < 1.29 is 14.3 Å². The summed E-state index contributed by atoms with van der Waals surface area (Å²) < 4.78 is 4.94. The summed E-state index contributed by atoms with van der Waals surface area (Å²) in [5, 5.41) is 2.93. The monoisotopic (exact) mass is 228 g/mol. The number of rotatable bonds is 3. The van der Waals surface area contributed by atoms with Gasteiger partial charge in [-0.05, 0) is 19.8 Å². The van der Waals surface area contributed by atoms with E-state index in [1.54, 1.807) is 13.8 Å². The molecule has 0 aliphatic carbocycles. The Hall–Kier alpha value is -1.10. The lowest BCUT2D eigenvalue weighted by molar-refractivity contribution is -0.132. The van der Waals surface area contributed by atoms with Crippen molar-refractivity contribution in [2.24, 2.45) is 0 Å². The number of hydrogen-bond donors (Lipinski definition) is 1. The molecule has 0 bridgehead atoms. The molecule has 1 atom stereocenters. The van der Waals surface area contributed by atoms with Gasteiger partial charge in [-0.3, -0.25) is 9.59 Å². The number of piperidine rings is 1. The molecule has 1 fully saturated rings. The molecule has 16 heavy (non-hydrogen) atoms. The Morgan fingerprint density at radius 1 is 1.38 bits per heavy atom. The van der Waals surface area contributed by atoms with Crippen LogP contribution >= 0.6 is 0 Å². The second-order valence-electron chi connectivity index (χ2n) is 4.17. The van der Waals surface area contributed by atoms with Crippen molar-refractivity contribution in [3.63, 3.8) is 0 Å². The average molecular weight is 228 g/mol. The maximum Gasteiger partial charge on any atom is 0.249 e. The van der Waals surface area contributed by atoms with Crippen LogP contribution in [-0.4, -0.2) is 49.1 Å². The van der Waals surface area contributed by atoms with Crippen LogP contribution in [0.5, 0.6) is 0 Å². The molecule has 2 amide bonds. The van der Waals surface area contributed by atoms with E-state index < -0.39 is 6.10 Å². The number of methoxy groups -OCH3 is 1. The number of likely N-dealkylation sites (tertiary alicyclic amines) is 1. The quantitative estimate of drug-likeness (QED) is 0.748. The molecule has 1 aliphatic heterocycles. The summed E-state index contributed by atoms with van der Waals surface area (Å²) in [4.78, 5) is 24.4. The van der Waals surface area contributed by atoms with Crippen molar-refractivity contribution in [2.75, 3.05) is 20.2 Å². The molecule has 92 valence electrons. The SMILES string of the molecule is COC(C)C(=O)NC1CCN(C(C)=O)CC1. The Morgan fingerprint density at radius 2 is 1.94 bits per heavy atom. The van der Waals surface area contributed by atoms with Crippen LogP contribution in [0.4, 0.5) is 0 Å². The summed E-state index contributed by atoms with van der Waals surface area (Å²) in [5.41, 5.74) is 0. The molecular formula is C11H20N2O3. The van der Waals surface area contributed by atoms with Gasteiger partial charge in [0.15, 0.2) is 0 Å². The van der Waals surface area contributed by atoms with Gasteiger partial charge >= 0.3 is 0 Å². The van der Waals surface area contributed by atoms with Gasteiger partial charge in [-0.25, -0.2) is 0 Å². The van der Waals surface area contributed by atoms with Gasteiger partial charge in [0.25, 0.3) is 0 Å². The van der Waals surface area contributed by atoms with Gasteiger partial charge in [-0.15, -0.1) is 0 Å². The van der Waals surface area contributed by atoms with Gasteiger partial charge in [0.2, 0.25) is 11.8 Å². The highest BCUT2D eigenvalue weighted by molar-refractivity contribution is 5.80. The maximum atomic E-state index is 11.5. The summed E-state index contributed by atoms with van der Waals surface area (Å²) in [6.45, 7) is 4.75. The maximum absolute atomic E-state index is 11.5. The van der Waals surface area contributed by atoms with Gasteiger partial charge in [0, 0.05) is 33.2 Å². The number of amides is 2. The van der Waals surface area contributed by atoms with E-state index in [4.69, 9.17) is 4.74 Å². The molecule has 0 saturated carbocycles. The van der Waals surface area contributed by atoms with E-state index in [9.17, 15) is 9.59 Å². The first-order chi connectivity index (χ1) is 7.54. The highest BCUT2D eigenvalue weighted by atomic mass is 16.5. The van der Waals surface area contributed by atoms with Crippen molar-refractivity contribution in [3.8, 4) is 0 Å². The molecule has 5 nitrogen and oxygen atoms in total. The third-order valence-corrected chi connectivity index (χ3v) is 3.01. The first-order valence-electron chi connectivity index (χ1n) is 5.63. The lowest BCUT2D eigenvalue weighted by Gasteiger charge is -2.32. The van der Waals surface area contributed by atoms with Crippen molar-refractivity contribution in [2.45, 2.75) is 38.8 Å². The predicted octanol–water partition coefficient (Wildman–Crippen LogP) is 0.148.